The molecule has 33 heavy (non-hydrogen) atoms. The number of anilines is 1. The first-order chi connectivity index (χ1) is 15.8. The van der Waals surface area contributed by atoms with Gasteiger partial charge in [-0.2, -0.15) is 0 Å². The molecule has 1 aliphatic heterocycles. The van der Waals surface area contributed by atoms with Crippen molar-refractivity contribution in [1.29, 1.82) is 0 Å². The van der Waals surface area contributed by atoms with Crippen LogP contribution in [-0.4, -0.2) is 28.5 Å². The van der Waals surface area contributed by atoms with Gasteiger partial charge in [0.2, 0.25) is 5.91 Å². The van der Waals surface area contributed by atoms with E-state index in [-0.39, 0.29) is 11.4 Å². The van der Waals surface area contributed by atoms with Gasteiger partial charge in [-0.15, -0.1) is 0 Å². The Hall–Kier alpha value is -3.23. The van der Waals surface area contributed by atoms with Crippen LogP contribution in [0.2, 0.25) is 0 Å². The molecule has 0 atom stereocenters. The predicted molar refractivity (Wildman–Crippen MR) is 131 cm³/mol. The highest BCUT2D eigenvalue weighted by molar-refractivity contribution is 8.18. The quantitative estimate of drug-likeness (QED) is 0.436. The number of carbonyl (C=O) groups is 3. The maximum absolute atomic E-state index is 12.7. The molecule has 2 heterocycles. The Morgan fingerprint density at radius 3 is 2.48 bits per heavy atom. The van der Waals surface area contributed by atoms with Crippen LogP contribution in [0.15, 0.2) is 73.9 Å². The number of hydrogen-bond acceptors (Lipinski definition) is 6. The van der Waals surface area contributed by atoms with E-state index in [1.807, 2.05) is 63.2 Å². The van der Waals surface area contributed by atoms with Crippen LogP contribution in [0.4, 0.5) is 10.5 Å². The summed E-state index contributed by atoms with van der Waals surface area (Å²) < 4.78 is 5.79. The van der Waals surface area contributed by atoms with Gasteiger partial charge in [-0.25, -0.2) is 0 Å². The molecule has 1 aliphatic rings. The summed E-state index contributed by atoms with van der Waals surface area (Å²) in [4.78, 5) is 39.8. The van der Waals surface area contributed by atoms with Crippen molar-refractivity contribution < 1.29 is 18.8 Å². The largest absolute Gasteiger partial charge is 0.450 e. The van der Waals surface area contributed by atoms with Crippen LogP contribution in [0.1, 0.15) is 22.5 Å². The summed E-state index contributed by atoms with van der Waals surface area (Å²) in [7, 11) is 0. The third-order valence-electron chi connectivity index (χ3n) is 4.95. The van der Waals surface area contributed by atoms with Crippen molar-refractivity contribution in [2.75, 3.05) is 11.9 Å². The number of rotatable bonds is 6. The Kier molecular flexibility index (Phi) is 6.76. The number of hydrogen-bond donors (Lipinski definition) is 1. The highest BCUT2D eigenvalue weighted by Crippen LogP contribution is 2.34. The van der Waals surface area contributed by atoms with Crippen molar-refractivity contribution >= 4 is 52.3 Å². The van der Waals surface area contributed by atoms with Crippen molar-refractivity contribution in [3.63, 3.8) is 0 Å². The lowest BCUT2D eigenvalue weighted by molar-refractivity contribution is -0.127. The predicted octanol–water partition coefficient (Wildman–Crippen LogP) is 6.03. The van der Waals surface area contributed by atoms with Gasteiger partial charge < -0.3 is 9.73 Å². The van der Waals surface area contributed by atoms with Gasteiger partial charge in [0.25, 0.3) is 11.1 Å². The van der Waals surface area contributed by atoms with E-state index >= 15 is 0 Å². The van der Waals surface area contributed by atoms with Crippen LogP contribution in [0.25, 0.3) is 6.08 Å². The zero-order valence-electron chi connectivity index (χ0n) is 18.4. The zero-order valence-corrected chi connectivity index (χ0v) is 20.0. The van der Waals surface area contributed by atoms with Crippen molar-refractivity contribution in [1.82, 2.24) is 4.90 Å². The summed E-state index contributed by atoms with van der Waals surface area (Å²) >= 11 is 2.27. The van der Waals surface area contributed by atoms with E-state index in [0.29, 0.717) is 16.5 Å². The van der Waals surface area contributed by atoms with Crippen LogP contribution < -0.4 is 5.32 Å². The number of benzene rings is 2. The number of furan rings is 1. The first kappa shape index (κ1) is 22.9. The van der Waals surface area contributed by atoms with Crippen LogP contribution in [0.5, 0.6) is 0 Å². The van der Waals surface area contributed by atoms with Crippen LogP contribution in [0, 0.1) is 20.8 Å². The highest BCUT2D eigenvalue weighted by atomic mass is 32.2. The van der Waals surface area contributed by atoms with E-state index in [4.69, 9.17) is 4.42 Å². The van der Waals surface area contributed by atoms with Gasteiger partial charge in [0.1, 0.15) is 12.3 Å². The topological polar surface area (TPSA) is 79.6 Å². The normalized spacial score (nSPS) is 14.9. The molecule has 3 aromatic rings. The first-order valence-electron chi connectivity index (χ1n) is 10.3. The number of carbonyl (C=O) groups excluding carboxylic acids is 3. The van der Waals surface area contributed by atoms with Gasteiger partial charge in [-0.3, -0.25) is 19.3 Å². The number of thioether (sulfide) groups is 1. The third kappa shape index (κ3) is 5.58. The SMILES string of the molecule is Cc1ccc(Sc2ccc(/C=C3\SC(=O)N(CC(=O)Nc4ccc(C)cc4C)C3=O)o2)cc1. The minimum absolute atomic E-state index is 0.223. The van der Waals surface area contributed by atoms with Crippen LogP contribution in [0.3, 0.4) is 0 Å². The molecule has 1 aromatic heterocycles. The summed E-state index contributed by atoms with van der Waals surface area (Å²) in [6, 6.07) is 17.3. The second-order valence-corrected chi connectivity index (χ2v) is 9.78. The summed E-state index contributed by atoms with van der Waals surface area (Å²) in [5, 5.41) is 2.96. The molecule has 0 saturated carbocycles. The van der Waals surface area contributed by atoms with Crippen LogP contribution >= 0.6 is 23.5 Å². The number of nitrogens with one attached hydrogen (secondary N) is 1. The standard InChI is InChI=1S/C25H22N2O4S2/c1-15-4-8-19(9-5-15)32-23-11-7-18(31-23)13-21-24(29)27(25(30)33-21)14-22(28)26-20-10-6-16(2)12-17(20)3/h4-13H,14H2,1-3H3,(H,26,28)/b21-13-. The Labute approximate surface area is 200 Å². The molecule has 1 N–H and O–H groups in total. The van der Waals surface area contributed by atoms with Crippen molar-refractivity contribution in [2.24, 2.45) is 0 Å². The molecule has 0 radical (unpaired) electrons. The second kappa shape index (κ2) is 9.72. The number of nitrogens with zero attached hydrogens (tertiary/aromatic N) is 1. The number of imide groups is 1. The lowest BCUT2D eigenvalue weighted by atomic mass is 10.1. The Morgan fingerprint density at radius 2 is 1.76 bits per heavy atom. The van der Waals surface area contributed by atoms with Gasteiger partial charge in [-0.1, -0.05) is 47.2 Å². The number of amides is 3. The van der Waals surface area contributed by atoms with Gasteiger partial charge in [0.05, 0.1) is 4.91 Å². The molecule has 0 spiro atoms. The monoisotopic (exact) mass is 478 g/mol. The molecule has 168 valence electrons. The molecule has 1 saturated heterocycles. The summed E-state index contributed by atoms with van der Waals surface area (Å²) in [6.45, 7) is 5.54. The summed E-state index contributed by atoms with van der Waals surface area (Å²) in [5.41, 5.74) is 3.83. The molecule has 6 nitrogen and oxygen atoms in total. The fraction of sp³-hybridized carbons (Fsp3) is 0.160. The zero-order chi connectivity index (χ0) is 23.5. The van der Waals surface area contributed by atoms with E-state index in [1.165, 1.54) is 23.4 Å². The Morgan fingerprint density at radius 1 is 1.03 bits per heavy atom. The van der Waals surface area contributed by atoms with E-state index in [9.17, 15) is 14.4 Å². The summed E-state index contributed by atoms with van der Waals surface area (Å²) in [5.74, 6) is -0.472. The molecule has 0 bridgehead atoms. The van der Waals surface area contributed by atoms with Crippen LogP contribution in [-0.2, 0) is 9.59 Å². The minimum Gasteiger partial charge on any atom is -0.450 e. The summed E-state index contributed by atoms with van der Waals surface area (Å²) in [6.07, 6.45) is 1.53. The average molecular weight is 479 g/mol. The van der Waals surface area contributed by atoms with Crippen molar-refractivity contribution in [3.05, 3.63) is 82.0 Å². The van der Waals surface area contributed by atoms with Gasteiger partial charge in [-0.05, 0) is 68.4 Å². The van der Waals surface area contributed by atoms with Crippen molar-refractivity contribution in [3.8, 4) is 0 Å². The fourth-order valence-corrected chi connectivity index (χ4v) is 4.84. The van der Waals surface area contributed by atoms with E-state index in [2.05, 4.69) is 5.32 Å². The molecule has 1 fully saturated rings. The Bertz CT molecular complexity index is 1260. The molecule has 0 unspecified atom stereocenters. The second-order valence-electron chi connectivity index (χ2n) is 7.71. The first-order valence-corrected chi connectivity index (χ1v) is 11.9. The Balaban J connectivity index is 1.40. The maximum atomic E-state index is 12.7. The molecule has 4 rings (SSSR count). The third-order valence-corrected chi connectivity index (χ3v) is 6.78. The van der Waals surface area contributed by atoms with Gasteiger partial charge >= 0.3 is 0 Å². The molecular weight excluding hydrogens is 456 g/mol. The van der Waals surface area contributed by atoms with Crippen molar-refractivity contribution in [2.45, 2.75) is 30.8 Å². The van der Waals surface area contributed by atoms with E-state index in [0.717, 1.165) is 32.7 Å². The maximum Gasteiger partial charge on any atom is 0.294 e. The lowest BCUT2D eigenvalue weighted by Gasteiger charge is -2.13. The molecule has 3 amide bonds. The fourth-order valence-electron chi connectivity index (χ4n) is 3.24. The molecule has 2 aromatic carbocycles. The van der Waals surface area contributed by atoms with Gasteiger partial charge in [0, 0.05) is 16.7 Å². The lowest BCUT2D eigenvalue weighted by Crippen LogP contribution is -2.36. The molecular formula is C25H22N2O4S2. The molecule has 0 aliphatic carbocycles. The van der Waals surface area contributed by atoms with E-state index in [1.54, 1.807) is 12.1 Å². The highest BCUT2D eigenvalue weighted by Gasteiger charge is 2.36. The van der Waals surface area contributed by atoms with E-state index < -0.39 is 17.1 Å². The smallest absolute Gasteiger partial charge is 0.294 e. The van der Waals surface area contributed by atoms with Gasteiger partial charge in [0.15, 0.2) is 5.09 Å². The molecule has 8 heteroatoms. The number of aryl methyl sites for hydroxylation is 3. The minimum atomic E-state index is -0.509. The average Bonchev–Trinajstić information content (AvgIpc) is 3.31.